The number of pyridine rings is 1. The molecule has 1 aromatic heterocycles. The van der Waals surface area contributed by atoms with E-state index in [1.165, 1.54) is 24.8 Å². The average molecular weight is 288 g/mol. The fraction of sp³-hybridized carbons (Fsp3) is 0.625. The van der Waals surface area contributed by atoms with Crippen LogP contribution in [0.2, 0.25) is 0 Å². The fourth-order valence-corrected chi connectivity index (χ4v) is 2.90. The van der Waals surface area contributed by atoms with Crippen molar-refractivity contribution < 1.29 is 4.79 Å². The molecule has 21 heavy (non-hydrogen) atoms. The lowest BCUT2D eigenvalue weighted by atomic mass is 9.93. The van der Waals surface area contributed by atoms with Gasteiger partial charge < -0.3 is 15.1 Å². The highest BCUT2D eigenvalue weighted by atomic mass is 16.2. The first kappa shape index (κ1) is 14.2. The maximum atomic E-state index is 11.4. The zero-order valence-corrected chi connectivity index (χ0v) is 12.9. The first-order chi connectivity index (χ1) is 10.1. The molecule has 0 spiro atoms. The summed E-state index contributed by atoms with van der Waals surface area (Å²) in [6.07, 6.45) is 3.83. The Morgan fingerprint density at radius 2 is 1.95 bits per heavy atom. The smallest absolute Gasteiger partial charge is 0.219 e. The molecule has 2 heterocycles. The Balaban J connectivity index is 1.68. The van der Waals surface area contributed by atoms with Crippen LogP contribution in [0.15, 0.2) is 12.1 Å². The van der Waals surface area contributed by atoms with Gasteiger partial charge in [0.25, 0.3) is 0 Å². The minimum atomic E-state index is 0.166. The molecule has 5 heteroatoms. The SMILES string of the molecule is CC(=O)N1CCN(c2cc(C)cc(NC3CCC3)n2)CC1. The van der Waals surface area contributed by atoms with Gasteiger partial charge in [-0.1, -0.05) is 0 Å². The van der Waals surface area contributed by atoms with Crippen molar-refractivity contribution in [2.75, 3.05) is 36.4 Å². The Morgan fingerprint density at radius 3 is 2.52 bits per heavy atom. The van der Waals surface area contributed by atoms with Crippen LogP contribution >= 0.6 is 0 Å². The molecule has 5 nitrogen and oxygen atoms in total. The van der Waals surface area contributed by atoms with Gasteiger partial charge in [-0.15, -0.1) is 0 Å². The summed E-state index contributed by atoms with van der Waals surface area (Å²) >= 11 is 0. The van der Waals surface area contributed by atoms with Crippen molar-refractivity contribution >= 4 is 17.5 Å². The van der Waals surface area contributed by atoms with Gasteiger partial charge in [0.2, 0.25) is 5.91 Å². The van der Waals surface area contributed by atoms with Crippen molar-refractivity contribution in [2.24, 2.45) is 0 Å². The van der Waals surface area contributed by atoms with E-state index in [2.05, 4.69) is 29.3 Å². The molecule has 0 bridgehead atoms. The monoisotopic (exact) mass is 288 g/mol. The first-order valence-electron chi connectivity index (χ1n) is 7.87. The number of carbonyl (C=O) groups excluding carboxylic acids is 1. The maximum absolute atomic E-state index is 11.4. The topological polar surface area (TPSA) is 48.5 Å². The summed E-state index contributed by atoms with van der Waals surface area (Å²) < 4.78 is 0. The fourth-order valence-electron chi connectivity index (χ4n) is 2.90. The second-order valence-corrected chi connectivity index (χ2v) is 6.15. The van der Waals surface area contributed by atoms with Crippen LogP contribution in [0.3, 0.4) is 0 Å². The third kappa shape index (κ3) is 3.28. The quantitative estimate of drug-likeness (QED) is 0.924. The van der Waals surface area contributed by atoms with Gasteiger partial charge >= 0.3 is 0 Å². The number of nitrogens with zero attached hydrogens (tertiary/aromatic N) is 3. The van der Waals surface area contributed by atoms with Gasteiger partial charge in [0.1, 0.15) is 11.6 Å². The average Bonchev–Trinajstić information content (AvgIpc) is 2.42. The molecule has 0 radical (unpaired) electrons. The summed E-state index contributed by atoms with van der Waals surface area (Å²) in [5.41, 5.74) is 1.23. The summed E-state index contributed by atoms with van der Waals surface area (Å²) in [7, 11) is 0. The summed E-state index contributed by atoms with van der Waals surface area (Å²) in [5.74, 6) is 2.18. The molecular weight excluding hydrogens is 264 g/mol. The van der Waals surface area contributed by atoms with E-state index in [4.69, 9.17) is 4.98 Å². The molecule has 1 aliphatic carbocycles. The predicted octanol–water partition coefficient (Wildman–Crippen LogP) is 2.02. The van der Waals surface area contributed by atoms with E-state index in [1.54, 1.807) is 6.92 Å². The number of aryl methyl sites for hydroxylation is 1. The number of hydrogen-bond acceptors (Lipinski definition) is 4. The van der Waals surface area contributed by atoms with Crippen molar-refractivity contribution in [2.45, 2.75) is 39.2 Å². The standard InChI is InChI=1S/C16H24N4O/c1-12-10-15(17-14-4-3-5-14)18-16(11-12)20-8-6-19(7-9-20)13(2)21/h10-11,14H,3-9H2,1-2H3,(H,17,18). The van der Waals surface area contributed by atoms with E-state index in [9.17, 15) is 4.79 Å². The highest BCUT2D eigenvalue weighted by Gasteiger charge is 2.21. The third-order valence-electron chi connectivity index (χ3n) is 4.46. The maximum Gasteiger partial charge on any atom is 0.219 e. The molecule has 0 unspecified atom stereocenters. The normalized spacial score (nSPS) is 19.3. The number of anilines is 2. The molecule has 1 amide bonds. The van der Waals surface area contributed by atoms with E-state index in [-0.39, 0.29) is 5.91 Å². The number of carbonyl (C=O) groups is 1. The van der Waals surface area contributed by atoms with Crippen LogP contribution < -0.4 is 10.2 Å². The Kier molecular flexibility index (Phi) is 3.99. The minimum Gasteiger partial charge on any atom is -0.367 e. The van der Waals surface area contributed by atoms with E-state index in [0.717, 1.165) is 37.8 Å². The number of hydrogen-bond donors (Lipinski definition) is 1. The van der Waals surface area contributed by atoms with Crippen LogP contribution in [0.4, 0.5) is 11.6 Å². The summed E-state index contributed by atoms with van der Waals surface area (Å²) in [5, 5.41) is 3.52. The Morgan fingerprint density at radius 1 is 1.24 bits per heavy atom. The van der Waals surface area contributed by atoms with Gasteiger partial charge in [0.15, 0.2) is 0 Å². The van der Waals surface area contributed by atoms with Gasteiger partial charge in [-0.2, -0.15) is 0 Å². The molecule has 2 fully saturated rings. The number of piperazine rings is 1. The number of rotatable bonds is 3. The largest absolute Gasteiger partial charge is 0.367 e. The third-order valence-corrected chi connectivity index (χ3v) is 4.46. The van der Waals surface area contributed by atoms with Crippen LogP contribution in [-0.4, -0.2) is 48.0 Å². The Labute approximate surface area is 126 Å². The van der Waals surface area contributed by atoms with Crippen LogP contribution in [0, 0.1) is 6.92 Å². The number of amides is 1. The van der Waals surface area contributed by atoms with Crippen molar-refractivity contribution in [3.63, 3.8) is 0 Å². The lowest BCUT2D eigenvalue weighted by Gasteiger charge is -2.35. The Hall–Kier alpha value is -1.78. The molecule has 1 N–H and O–H groups in total. The van der Waals surface area contributed by atoms with E-state index in [0.29, 0.717) is 6.04 Å². The first-order valence-corrected chi connectivity index (χ1v) is 7.87. The molecule has 3 rings (SSSR count). The minimum absolute atomic E-state index is 0.166. The second kappa shape index (κ2) is 5.92. The zero-order valence-electron chi connectivity index (χ0n) is 12.9. The molecule has 1 saturated carbocycles. The lowest BCUT2D eigenvalue weighted by Crippen LogP contribution is -2.48. The Bertz CT molecular complexity index is 519. The van der Waals surface area contributed by atoms with Crippen LogP contribution in [0.25, 0.3) is 0 Å². The van der Waals surface area contributed by atoms with Crippen molar-refractivity contribution in [3.05, 3.63) is 17.7 Å². The predicted molar refractivity (Wildman–Crippen MR) is 84.7 cm³/mol. The molecule has 0 aromatic carbocycles. The van der Waals surface area contributed by atoms with E-state index in [1.807, 2.05) is 4.90 Å². The van der Waals surface area contributed by atoms with Gasteiger partial charge in [0, 0.05) is 39.1 Å². The molecule has 2 aliphatic rings. The van der Waals surface area contributed by atoms with Gasteiger partial charge in [-0.25, -0.2) is 4.98 Å². The van der Waals surface area contributed by atoms with Gasteiger partial charge in [-0.05, 0) is 43.9 Å². The molecule has 114 valence electrons. The zero-order chi connectivity index (χ0) is 14.8. The molecule has 0 atom stereocenters. The molecule has 1 aliphatic heterocycles. The molecule has 1 aromatic rings. The number of nitrogens with one attached hydrogen (secondary N) is 1. The van der Waals surface area contributed by atoms with Crippen LogP contribution in [0.1, 0.15) is 31.7 Å². The molecular formula is C16H24N4O. The lowest BCUT2D eigenvalue weighted by molar-refractivity contribution is -0.129. The molecule has 1 saturated heterocycles. The van der Waals surface area contributed by atoms with Crippen LogP contribution in [-0.2, 0) is 4.79 Å². The van der Waals surface area contributed by atoms with E-state index < -0.39 is 0 Å². The van der Waals surface area contributed by atoms with E-state index >= 15 is 0 Å². The number of aromatic nitrogens is 1. The highest BCUT2D eigenvalue weighted by molar-refractivity contribution is 5.73. The van der Waals surface area contributed by atoms with Crippen molar-refractivity contribution in [3.8, 4) is 0 Å². The summed E-state index contributed by atoms with van der Waals surface area (Å²) in [6, 6.07) is 4.85. The summed E-state index contributed by atoms with van der Waals surface area (Å²) in [4.78, 5) is 20.3. The van der Waals surface area contributed by atoms with Gasteiger partial charge in [-0.3, -0.25) is 4.79 Å². The van der Waals surface area contributed by atoms with Crippen molar-refractivity contribution in [1.29, 1.82) is 0 Å². The highest BCUT2D eigenvalue weighted by Crippen LogP contribution is 2.25. The van der Waals surface area contributed by atoms with Crippen molar-refractivity contribution in [1.82, 2.24) is 9.88 Å². The van der Waals surface area contributed by atoms with Crippen LogP contribution in [0.5, 0.6) is 0 Å². The summed E-state index contributed by atoms with van der Waals surface area (Å²) in [6.45, 7) is 7.05. The van der Waals surface area contributed by atoms with Gasteiger partial charge in [0.05, 0.1) is 0 Å². The second-order valence-electron chi connectivity index (χ2n) is 6.15.